The molecule has 1 aromatic heterocycles. The predicted molar refractivity (Wildman–Crippen MR) is 71.2 cm³/mol. The van der Waals surface area contributed by atoms with Gasteiger partial charge in [0, 0.05) is 17.8 Å². The van der Waals surface area contributed by atoms with Gasteiger partial charge in [-0.2, -0.15) is 0 Å². The van der Waals surface area contributed by atoms with Crippen LogP contribution in [-0.4, -0.2) is 10.9 Å². The highest BCUT2D eigenvalue weighted by atomic mass is 35.5. The molecule has 0 aromatic carbocycles. The third kappa shape index (κ3) is 4.73. The number of anilines is 1. The van der Waals surface area contributed by atoms with Gasteiger partial charge in [0.05, 0.1) is 0 Å². The SMILES string of the molecule is CCCC(CCC)C(=O)Nc1ccnc(Cl)c1. The zero-order valence-electron chi connectivity index (χ0n) is 10.4. The normalized spacial score (nSPS) is 10.6. The Morgan fingerprint density at radius 3 is 2.59 bits per heavy atom. The molecule has 0 unspecified atom stereocenters. The van der Waals surface area contributed by atoms with E-state index in [-0.39, 0.29) is 11.8 Å². The van der Waals surface area contributed by atoms with Gasteiger partial charge in [0.1, 0.15) is 5.15 Å². The number of aromatic nitrogens is 1. The molecular weight excluding hydrogens is 236 g/mol. The van der Waals surface area contributed by atoms with Crippen molar-refractivity contribution in [1.82, 2.24) is 4.98 Å². The van der Waals surface area contributed by atoms with Crippen LogP contribution in [0.25, 0.3) is 0 Å². The van der Waals surface area contributed by atoms with E-state index < -0.39 is 0 Å². The summed E-state index contributed by atoms with van der Waals surface area (Å²) >= 11 is 5.77. The van der Waals surface area contributed by atoms with Crippen LogP contribution in [0.1, 0.15) is 39.5 Å². The number of hydrogen-bond acceptors (Lipinski definition) is 2. The molecule has 4 heteroatoms. The van der Waals surface area contributed by atoms with E-state index in [0.717, 1.165) is 25.7 Å². The molecule has 17 heavy (non-hydrogen) atoms. The van der Waals surface area contributed by atoms with E-state index in [0.29, 0.717) is 10.8 Å². The van der Waals surface area contributed by atoms with Crippen molar-refractivity contribution in [3.8, 4) is 0 Å². The van der Waals surface area contributed by atoms with Crippen LogP contribution >= 0.6 is 11.6 Å². The highest BCUT2D eigenvalue weighted by Gasteiger charge is 2.16. The topological polar surface area (TPSA) is 42.0 Å². The highest BCUT2D eigenvalue weighted by molar-refractivity contribution is 6.29. The van der Waals surface area contributed by atoms with Crippen molar-refractivity contribution in [3.63, 3.8) is 0 Å². The van der Waals surface area contributed by atoms with Gasteiger partial charge in [-0.25, -0.2) is 4.98 Å². The number of amides is 1. The number of pyridine rings is 1. The first-order chi connectivity index (χ1) is 8.17. The molecule has 0 spiro atoms. The number of nitrogens with one attached hydrogen (secondary N) is 1. The van der Waals surface area contributed by atoms with E-state index in [4.69, 9.17) is 11.6 Å². The number of hydrogen-bond donors (Lipinski definition) is 1. The predicted octanol–water partition coefficient (Wildman–Crippen LogP) is 3.89. The van der Waals surface area contributed by atoms with E-state index in [1.54, 1.807) is 18.3 Å². The Labute approximate surface area is 108 Å². The molecule has 0 saturated heterocycles. The molecule has 0 atom stereocenters. The Morgan fingerprint density at radius 1 is 1.41 bits per heavy atom. The third-order valence-corrected chi connectivity index (χ3v) is 2.85. The van der Waals surface area contributed by atoms with Crippen LogP contribution in [0.5, 0.6) is 0 Å². The quantitative estimate of drug-likeness (QED) is 0.783. The van der Waals surface area contributed by atoms with Crippen LogP contribution in [0.2, 0.25) is 5.15 Å². The molecule has 0 saturated carbocycles. The fraction of sp³-hybridized carbons (Fsp3) is 0.538. The standard InChI is InChI=1S/C13H19ClN2O/c1-3-5-10(6-4-2)13(17)16-11-7-8-15-12(14)9-11/h7-10H,3-6H2,1-2H3,(H,15,16,17). The first kappa shape index (κ1) is 14.0. The van der Waals surface area contributed by atoms with Crippen LogP contribution < -0.4 is 5.32 Å². The molecule has 1 rings (SSSR count). The lowest BCUT2D eigenvalue weighted by atomic mass is 9.97. The Hall–Kier alpha value is -1.09. The molecule has 3 nitrogen and oxygen atoms in total. The fourth-order valence-electron chi connectivity index (χ4n) is 1.83. The third-order valence-electron chi connectivity index (χ3n) is 2.64. The zero-order valence-corrected chi connectivity index (χ0v) is 11.1. The van der Waals surface area contributed by atoms with Gasteiger partial charge in [-0.3, -0.25) is 4.79 Å². The van der Waals surface area contributed by atoms with Gasteiger partial charge in [-0.15, -0.1) is 0 Å². The van der Waals surface area contributed by atoms with E-state index in [1.807, 2.05) is 0 Å². The average Bonchev–Trinajstić information content (AvgIpc) is 2.28. The Morgan fingerprint density at radius 2 is 2.06 bits per heavy atom. The van der Waals surface area contributed by atoms with Gasteiger partial charge in [0.15, 0.2) is 0 Å². The molecule has 0 aliphatic heterocycles. The lowest BCUT2D eigenvalue weighted by Crippen LogP contribution is -2.22. The summed E-state index contributed by atoms with van der Waals surface area (Å²) in [6.45, 7) is 4.19. The Balaban J connectivity index is 2.62. The summed E-state index contributed by atoms with van der Waals surface area (Å²) in [6.07, 6.45) is 5.49. The van der Waals surface area contributed by atoms with Crippen LogP contribution in [-0.2, 0) is 4.79 Å². The molecule has 0 bridgehead atoms. The number of rotatable bonds is 6. The van der Waals surface area contributed by atoms with Crippen LogP contribution in [0.4, 0.5) is 5.69 Å². The molecule has 0 aliphatic carbocycles. The van der Waals surface area contributed by atoms with E-state index >= 15 is 0 Å². The maximum Gasteiger partial charge on any atom is 0.227 e. The van der Waals surface area contributed by atoms with Crippen molar-refractivity contribution in [3.05, 3.63) is 23.5 Å². The lowest BCUT2D eigenvalue weighted by molar-refractivity contribution is -0.120. The van der Waals surface area contributed by atoms with Crippen molar-refractivity contribution >= 4 is 23.2 Å². The molecule has 1 heterocycles. The van der Waals surface area contributed by atoms with Crippen LogP contribution in [0, 0.1) is 5.92 Å². The average molecular weight is 255 g/mol. The monoisotopic (exact) mass is 254 g/mol. The van der Waals surface area contributed by atoms with Gasteiger partial charge < -0.3 is 5.32 Å². The van der Waals surface area contributed by atoms with Gasteiger partial charge in [-0.1, -0.05) is 38.3 Å². The largest absolute Gasteiger partial charge is 0.326 e. The van der Waals surface area contributed by atoms with Crippen molar-refractivity contribution in [2.45, 2.75) is 39.5 Å². The van der Waals surface area contributed by atoms with Crippen molar-refractivity contribution < 1.29 is 4.79 Å². The molecule has 0 aliphatic rings. The molecule has 0 fully saturated rings. The number of nitrogens with zero attached hydrogens (tertiary/aromatic N) is 1. The van der Waals surface area contributed by atoms with Gasteiger partial charge in [0.2, 0.25) is 5.91 Å². The first-order valence-corrected chi connectivity index (χ1v) is 6.47. The maximum atomic E-state index is 12.0. The minimum absolute atomic E-state index is 0.0796. The Bertz CT molecular complexity index is 362. The minimum atomic E-state index is 0.0796. The van der Waals surface area contributed by atoms with Crippen LogP contribution in [0.15, 0.2) is 18.3 Å². The summed E-state index contributed by atoms with van der Waals surface area (Å²) in [5, 5.41) is 3.28. The Kier molecular flexibility index (Phi) is 5.98. The first-order valence-electron chi connectivity index (χ1n) is 6.09. The van der Waals surface area contributed by atoms with Crippen LogP contribution in [0.3, 0.4) is 0 Å². The number of halogens is 1. The molecule has 1 aromatic rings. The summed E-state index contributed by atoms with van der Waals surface area (Å²) in [6, 6.07) is 3.41. The molecule has 94 valence electrons. The zero-order chi connectivity index (χ0) is 12.7. The smallest absolute Gasteiger partial charge is 0.227 e. The molecular formula is C13H19ClN2O. The van der Waals surface area contributed by atoms with Gasteiger partial charge in [-0.05, 0) is 25.0 Å². The number of carbonyl (C=O) groups is 1. The van der Waals surface area contributed by atoms with Crippen molar-refractivity contribution in [1.29, 1.82) is 0 Å². The van der Waals surface area contributed by atoms with Gasteiger partial charge in [0.25, 0.3) is 0 Å². The van der Waals surface area contributed by atoms with E-state index in [9.17, 15) is 4.79 Å². The van der Waals surface area contributed by atoms with E-state index in [1.165, 1.54) is 0 Å². The van der Waals surface area contributed by atoms with Crippen molar-refractivity contribution in [2.24, 2.45) is 5.92 Å². The van der Waals surface area contributed by atoms with Gasteiger partial charge >= 0.3 is 0 Å². The minimum Gasteiger partial charge on any atom is -0.326 e. The summed E-state index contributed by atoms with van der Waals surface area (Å²) in [5.74, 6) is 0.174. The fourth-order valence-corrected chi connectivity index (χ4v) is 2.00. The second-order valence-electron chi connectivity index (χ2n) is 4.13. The highest BCUT2D eigenvalue weighted by Crippen LogP contribution is 2.18. The second kappa shape index (κ2) is 7.28. The summed E-state index contributed by atoms with van der Waals surface area (Å²) in [4.78, 5) is 15.9. The number of carbonyl (C=O) groups excluding carboxylic acids is 1. The lowest BCUT2D eigenvalue weighted by Gasteiger charge is -2.15. The second-order valence-corrected chi connectivity index (χ2v) is 4.52. The molecule has 1 amide bonds. The summed E-state index contributed by atoms with van der Waals surface area (Å²) < 4.78 is 0. The van der Waals surface area contributed by atoms with Crippen molar-refractivity contribution in [2.75, 3.05) is 5.32 Å². The maximum absolute atomic E-state index is 12.0. The van der Waals surface area contributed by atoms with E-state index in [2.05, 4.69) is 24.1 Å². The summed E-state index contributed by atoms with van der Waals surface area (Å²) in [7, 11) is 0. The molecule has 0 radical (unpaired) electrons. The summed E-state index contributed by atoms with van der Waals surface area (Å²) in [5.41, 5.74) is 0.715. The molecule has 1 N–H and O–H groups in total.